The van der Waals surface area contributed by atoms with Crippen LogP contribution in [-0.2, 0) is 0 Å². The molecule has 0 heterocycles. The van der Waals surface area contributed by atoms with Crippen LogP contribution in [0.3, 0.4) is 0 Å². The maximum Gasteiger partial charge on any atom is 0.259 e. The second kappa shape index (κ2) is 10.1. The molecule has 1 aliphatic carbocycles. The monoisotopic (exact) mass is 412 g/mol. The van der Waals surface area contributed by atoms with E-state index < -0.39 is 0 Å². The van der Waals surface area contributed by atoms with Gasteiger partial charge >= 0.3 is 0 Å². The quantitative estimate of drug-likeness (QED) is 0.706. The van der Waals surface area contributed by atoms with Crippen LogP contribution in [0.1, 0.15) is 54.2 Å². The molecule has 30 heavy (non-hydrogen) atoms. The van der Waals surface area contributed by atoms with Gasteiger partial charge in [0.1, 0.15) is 11.5 Å². The van der Waals surface area contributed by atoms with Gasteiger partial charge in [-0.15, -0.1) is 0 Å². The van der Waals surface area contributed by atoms with E-state index >= 15 is 0 Å². The van der Waals surface area contributed by atoms with Crippen molar-refractivity contribution in [3.8, 4) is 11.5 Å². The van der Waals surface area contributed by atoms with Gasteiger partial charge in [-0.1, -0.05) is 31.4 Å². The first-order valence-electron chi connectivity index (χ1n) is 10.4. The number of rotatable bonds is 7. The van der Waals surface area contributed by atoms with Crippen molar-refractivity contribution in [1.29, 1.82) is 0 Å². The number of hydrogen-bond donors (Lipinski definition) is 1. The highest BCUT2D eigenvalue weighted by Crippen LogP contribution is 2.28. The zero-order valence-electron chi connectivity index (χ0n) is 17.9. The van der Waals surface area contributed by atoms with E-state index in [4.69, 9.17) is 9.47 Å². The maximum atomic E-state index is 13.0. The summed E-state index contributed by atoms with van der Waals surface area (Å²) in [6.07, 6.45) is 6.16. The fraction of sp³-hybridized carbons (Fsp3) is 0.417. The minimum absolute atomic E-state index is 0. The van der Waals surface area contributed by atoms with E-state index in [-0.39, 0.29) is 13.2 Å². The molecule has 0 saturated heterocycles. The predicted octanol–water partition coefficient (Wildman–Crippen LogP) is 4.85. The van der Waals surface area contributed by atoms with Gasteiger partial charge in [0.2, 0.25) is 0 Å². The van der Waals surface area contributed by atoms with Crippen molar-refractivity contribution in [2.45, 2.75) is 32.1 Å². The standard InChI is InChI=1S/C24H30N2O4.H2/c1-26(16-17-9-5-4-6-10-17)24(28)20-14-13-18(15-22(20)30-3)25-23(27)19-11-7-8-12-21(19)29-2;/h7-8,11-15,17H,4-6,9-10,16H2,1-3H3,(H,25,27);1H. The molecule has 3 rings (SSSR count). The normalized spacial score (nSPS) is 14.1. The van der Waals surface area contributed by atoms with Gasteiger partial charge in [-0.05, 0) is 43.0 Å². The van der Waals surface area contributed by atoms with Gasteiger partial charge in [0.25, 0.3) is 11.8 Å². The van der Waals surface area contributed by atoms with Gasteiger partial charge in [0.05, 0.1) is 25.3 Å². The lowest BCUT2D eigenvalue weighted by atomic mass is 9.89. The lowest BCUT2D eigenvalue weighted by molar-refractivity contribution is 0.0757. The zero-order valence-corrected chi connectivity index (χ0v) is 17.9. The Balaban J connectivity index is 0.00000341. The molecule has 0 bridgehead atoms. The zero-order chi connectivity index (χ0) is 21.5. The fourth-order valence-electron chi connectivity index (χ4n) is 4.02. The van der Waals surface area contributed by atoms with Gasteiger partial charge in [-0.3, -0.25) is 9.59 Å². The van der Waals surface area contributed by atoms with Gasteiger partial charge in [-0.2, -0.15) is 0 Å². The second-order valence-corrected chi connectivity index (χ2v) is 7.76. The topological polar surface area (TPSA) is 67.9 Å². The first-order chi connectivity index (χ1) is 14.5. The number of carbonyl (C=O) groups is 2. The number of ether oxygens (including phenoxy) is 2. The second-order valence-electron chi connectivity index (χ2n) is 7.76. The number of hydrogen-bond acceptors (Lipinski definition) is 4. The molecule has 162 valence electrons. The Hall–Kier alpha value is -3.02. The molecule has 0 unspecified atom stereocenters. The molecule has 2 aromatic rings. The number of amides is 2. The van der Waals surface area contributed by atoms with Crippen LogP contribution in [0.15, 0.2) is 42.5 Å². The van der Waals surface area contributed by atoms with Gasteiger partial charge in [0.15, 0.2) is 0 Å². The third-order valence-corrected chi connectivity index (χ3v) is 5.64. The Morgan fingerprint density at radius 1 is 1.00 bits per heavy atom. The first-order valence-corrected chi connectivity index (χ1v) is 10.4. The van der Waals surface area contributed by atoms with Crippen molar-refractivity contribution in [1.82, 2.24) is 4.90 Å². The summed E-state index contributed by atoms with van der Waals surface area (Å²) in [5.74, 6) is 1.15. The lowest BCUT2D eigenvalue weighted by Gasteiger charge is -2.27. The van der Waals surface area contributed by atoms with Crippen molar-refractivity contribution >= 4 is 17.5 Å². The van der Waals surface area contributed by atoms with Crippen LogP contribution in [0.5, 0.6) is 11.5 Å². The average molecular weight is 413 g/mol. The largest absolute Gasteiger partial charge is 0.496 e. The molecule has 1 fully saturated rings. The summed E-state index contributed by atoms with van der Waals surface area (Å²) in [4.78, 5) is 27.4. The molecule has 0 radical (unpaired) electrons. The van der Waals surface area contributed by atoms with E-state index in [2.05, 4.69) is 5.32 Å². The van der Waals surface area contributed by atoms with Crippen molar-refractivity contribution < 1.29 is 20.5 Å². The van der Waals surface area contributed by atoms with Crippen LogP contribution < -0.4 is 14.8 Å². The summed E-state index contributed by atoms with van der Waals surface area (Å²) >= 11 is 0. The summed E-state index contributed by atoms with van der Waals surface area (Å²) in [5.41, 5.74) is 1.48. The number of nitrogens with one attached hydrogen (secondary N) is 1. The van der Waals surface area contributed by atoms with Crippen molar-refractivity contribution in [2.24, 2.45) is 5.92 Å². The molecule has 1 saturated carbocycles. The van der Waals surface area contributed by atoms with E-state index in [1.807, 2.05) is 13.1 Å². The first kappa shape index (κ1) is 21.7. The summed E-state index contributed by atoms with van der Waals surface area (Å²) in [6.45, 7) is 0.758. The van der Waals surface area contributed by atoms with Crippen LogP contribution in [0.25, 0.3) is 0 Å². The van der Waals surface area contributed by atoms with Gasteiger partial charge in [-0.25, -0.2) is 0 Å². The minimum Gasteiger partial charge on any atom is -0.496 e. The molecule has 0 atom stereocenters. The number of anilines is 1. The van der Waals surface area contributed by atoms with Crippen molar-refractivity contribution in [2.75, 3.05) is 33.1 Å². The fourth-order valence-corrected chi connectivity index (χ4v) is 4.02. The van der Waals surface area contributed by atoms with Crippen LogP contribution >= 0.6 is 0 Å². The van der Waals surface area contributed by atoms with Crippen molar-refractivity contribution in [3.63, 3.8) is 0 Å². The third kappa shape index (κ3) is 5.12. The number of benzene rings is 2. The molecule has 0 aromatic heterocycles. The molecule has 0 aliphatic heterocycles. The van der Waals surface area contributed by atoms with Gasteiger partial charge < -0.3 is 19.7 Å². The molecule has 6 nitrogen and oxygen atoms in total. The Morgan fingerprint density at radius 3 is 2.40 bits per heavy atom. The van der Waals surface area contributed by atoms with Gasteiger partial charge in [0, 0.05) is 26.8 Å². The third-order valence-electron chi connectivity index (χ3n) is 5.64. The van der Waals surface area contributed by atoms with Crippen LogP contribution in [0.4, 0.5) is 5.69 Å². The molecule has 1 N–H and O–H groups in total. The Morgan fingerprint density at radius 2 is 1.70 bits per heavy atom. The summed E-state index contributed by atoms with van der Waals surface area (Å²) < 4.78 is 10.7. The molecule has 2 amide bonds. The van der Waals surface area contributed by atoms with E-state index in [1.165, 1.54) is 46.3 Å². The molecule has 0 spiro atoms. The summed E-state index contributed by atoms with van der Waals surface area (Å²) in [6, 6.07) is 12.1. The lowest BCUT2D eigenvalue weighted by Crippen LogP contribution is -2.32. The average Bonchev–Trinajstić information content (AvgIpc) is 2.79. The molecule has 2 aromatic carbocycles. The number of para-hydroxylation sites is 1. The Kier molecular flexibility index (Phi) is 7.33. The summed E-state index contributed by atoms with van der Waals surface area (Å²) in [7, 11) is 4.90. The summed E-state index contributed by atoms with van der Waals surface area (Å²) in [5, 5.41) is 2.84. The van der Waals surface area contributed by atoms with E-state index in [0.717, 1.165) is 6.54 Å². The maximum absolute atomic E-state index is 13.0. The van der Waals surface area contributed by atoms with Crippen molar-refractivity contribution in [3.05, 3.63) is 53.6 Å². The molecular formula is C24H32N2O4. The van der Waals surface area contributed by atoms with E-state index in [9.17, 15) is 9.59 Å². The Labute approximate surface area is 179 Å². The highest BCUT2D eigenvalue weighted by Gasteiger charge is 2.22. The highest BCUT2D eigenvalue weighted by atomic mass is 16.5. The Bertz CT molecular complexity index is 897. The van der Waals surface area contributed by atoms with E-state index in [1.54, 1.807) is 41.3 Å². The number of nitrogens with zero attached hydrogens (tertiary/aromatic N) is 1. The SMILES string of the molecule is COc1ccccc1C(=O)Nc1ccc(C(=O)N(C)CC2CCCCC2)c(OC)c1.[HH]. The number of methoxy groups -OCH3 is 2. The van der Waals surface area contributed by atoms with Crippen LogP contribution in [-0.4, -0.2) is 44.5 Å². The molecular weight excluding hydrogens is 380 g/mol. The number of carbonyl (C=O) groups excluding carboxylic acids is 2. The predicted molar refractivity (Wildman–Crippen MR) is 120 cm³/mol. The van der Waals surface area contributed by atoms with E-state index in [0.29, 0.717) is 34.2 Å². The molecule has 6 heteroatoms. The smallest absolute Gasteiger partial charge is 0.259 e. The minimum atomic E-state index is -0.289. The molecule has 1 aliphatic rings. The highest BCUT2D eigenvalue weighted by molar-refractivity contribution is 6.06. The van der Waals surface area contributed by atoms with Crippen LogP contribution in [0, 0.1) is 5.92 Å². The van der Waals surface area contributed by atoms with Crippen LogP contribution in [0.2, 0.25) is 0 Å².